The number of nitrogens with zero attached hydrogens (tertiary/aromatic N) is 4. The smallest absolute Gasteiger partial charge is 0.164 e. The number of benzene rings is 6. The molecule has 6 aromatic carbocycles. The molecular formula is C38H22N4O. The number of pyridine rings is 1. The van der Waals surface area contributed by atoms with Gasteiger partial charge in [-0.2, -0.15) is 0 Å². The predicted octanol–water partition coefficient (Wildman–Crippen LogP) is 9.63. The van der Waals surface area contributed by atoms with E-state index in [2.05, 4.69) is 71.7 Å². The fourth-order valence-electron chi connectivity index (χ4n) is 6.17. The number of aromatic nitrogens is 4. The van der Waals surface area contributed by atoms with Gasteiger partial charge >= 0.3 is 0 Å². The van der Waals surface area contributed by atoms with Crippen LogP contribution in [0.25, 0.3) is 88.4 Å². The lowest BCUT2D eigenvalue weighted by atomic mass is 9.96. The molecule has 0 spiro atoms. The molecule has 3 heterocycles. The van der Waals surface area contributed by atoms with Crippen molar-refractivity contribution < 1.29 is 4.42 Å². The number of fused-ring (bicyclic) bond motifs is 8. The predicted molar refractivity (Wildman–Crippen MR) is 174 cm³/mol. The Labute approximate surface area is 246 Å². The van der Waals surface area contributed by atoms with Crippen molar-refractivity contribution in [1.29, 1.82) is 0 Å². The SMILES string of the molecule is c1ccc(-c2nc(-c3ccc4c(ccc5c6ccccc6ccc45)c3)nc(-c3cccc4oc5ccncc5c34)n2)cc1. The van der Waals surface area contributed by atoms with Gasteiger partial charge in [0.05, 0.1) is 0 Å². The van der Waals surface area contributed by atoms with Crippen LogP contribution in [0.3, 0.4) is 0 Å². The van der Waals surface area contributed by atoms with E-state index in [9.17, 15) is 0 Å². The molecule has 200 valence electrons. The molecule has 0 atom stereocenters. The van der Waals surface area contributed by atoms with E-state index in [1.165, 1.54) is 26.9 Å². The lowest BCUT2D eigenvalue weighted by Gasteiger charge is -2.11. The highest BCUT2D eigenvalue weighted by Gasteiger charge is 2.18. The Kier molecular flexibility index (Phi) is 5.13. The van der Waals surface area contributed by atoms with E-state index in [1.54, 1.807) is 6.20 Å². The summed E-state index contributed by atoms with van der Waals surface area (Å²) in [4.78, 5) is 19.4. The molecule has 0 radical (unpaired) electrons. The van der Waals surface area contributed by atoms with Gasteiger partial charge in [0.2, 0.25) is 0 Å². The minimum atomic E-state index is 0.589. The Morgan fingerprint density at radius 2 is 1.16 bits per heavy atom. The molecule has 0 saturated heterocycles. The molecule has 43 heavy (non-hydrogen) atoms. The van der Waals surface area contributed by atoms with Crippen LogP contribution >= 0.6 is 0 Å². The summed E-state index contributed by atoms with van der Waals surface area (Å²) in [6.45, 7) is 0. The first-order chi connectivity index (χ1) is 21.3. The molecule has 0 N–H and O–H groups in total. The summed E-state index contributed by atoms with van der Waals surface area (Å²) in [6.07, 6.45) is 3.58. The Hall–Kier alpha value is -5.94. The summed E-state index contributed by atoms with van der Waals surface area (Å²) < 4.78 is 6.14. The van der Waals surface area contributed by atoms with Gasteiger partial charge in [0.25, 0.3) is 0 Å². The highest BCUT2D eigenvalue weighted by Crippen LogP contribution is 2.37. The monoisotopic (exact) mass is 550 g/mol. The van der Waals surface area contributed by atoms with E-state index in [4.69, 9.17) is 19.4 Å². The van der Waals surface area contributed by atoms with Gasteiger partial charge in [0.1, 0.15) is 11.2 Å². The molecule has 3 aromatic heterocycles. The maximum atomic E-state index is 6.14. The van der Waals surface area contributed by atoms with Crippen molar-refractivity contribution in [2.45, 2.75) is 0 Å². The summed E-state index contributed by atoms with van der Waals surface area (Å²) >= 11 is 0. The summed E-state index contributed by atoms with van der Waals surface area (Å²) in [7, 11) is 0. The molecular weight excluding hydrogens is 528 g/mol. The van der Waals surface area contributed by atoms with Gasteiger partial charge in [-0.05, 0) is 50.5 Å². The van der Waals surface area contributed by atoms with E-state index in [-0.39, 0.29) is 0 Å². The second-order valence-corrected chi connectivity index (χ2v) is 10.7. The van der Waals surface area contributed by atoms with Crippen molar-refractivity contribution in [2.24, 2.45) is 0 Å². The molecule has 0 unspecified atom stereocenters. The maximum absolute atomic E-state index is 6.14. The number of hydrogen-bond acceptors (Lipinski definition) is 5. The standard InChI is InChI=1S/C38H22N4O/c1-2-8-24(9-3-1)36-40-37(42-38(41-36)31-11-6-12-34-35(31)32-22-39-20-19-33(32)43-34)26-15-16-28-25(21-26)14-18-29-27-10-5-4-7-23(27)13-17-30(28)29/h1-22H. The first-order valence-electron chi connectivity index (χ1n) is 14.2. The fourth-order valence-corrected chi connectivity index (χ4v) is 6.17. The minimum absolute atomic E-state index is 0.589. The third-order valence-electron chi connectivity index (χ3n) is 8.21. The second kappa shape index (κ2) is 9.29. The Morgan fingerprint density at radius 1 is 0.442 bits per heavy atom. The van der Waals surface area contributed by atoms with E-state index in [0.717, 1.165) is 44.0 Å². The van der Waals surface area contributed by atoms with Crippen LogP contribution < -0.4 is 0 Å². The van der Waals surface area contributed by atoms with E-state index >= 15 is 0 Å². The minimum Gasteiger partial charge on any atom is -0.456 e. The fraction of sp³-hybridized carbons (Fsp3) is 0. The normalized spacial score (nSPS) is 11.7. The van der Waals surface area contributed by atoms with Crippen LogP contribution in [0.4, 0.5) is 0 Å². The molecule has 0 saturated carbocycles. The molecule has 0 fully saturated rings. The molecule has 0 aliphatic carbocycles. The van der Waals surface area contributed by atoms with Gasteiger partial charge in [-0.15, -0.1) is 0 Å². The summed E-state index contributed by atoms with van der Waals surface area (Å²) in [5.74, 6) is 1.83. The molecule has 9 aromatic rings. The zero-order valence-corrected chi connectivity index (χ0v) is 22.9. The average Bonchev–Trinajstić information content (AvgIpc) is 3.47. The van der Waals surface area contributed by atoms with Gasteiger partial charge in [-0.1, -0.05) is 103 Å². The number of furan rings is 1. The summed E-state index contributed by atoms with van der Waals surface area (Å²) in [5, 5.41) is 9.20. The maximum Gasteiger partial charge on any atom is 0.164 e. The van der Waals surface area contributed by atoms with E-state index in [0.29, 0.717) is 17.5 Å². The topological polar surface area (TPSA) is 64.7 Å². The summed E-state index contributed by atoms with van der Waals surface area (Å²) in [6, 6.07) is 41.7. The second-order valence-electron chi connectivity index (χ2n) is 10.7. The van der Waals surface area contributed by atoms with Crippen molar-refractivity contribution >= 4 is 54.3 Å². The third kappa shape index (κ3) is 3.79. The Morgan fingerprint density at radius 3 is 2.05 bits per heavy atom. The molecule has 0 aliphatic rings. The van der Waals surface area contributed by atoms with E-state index < -0.39 is 0 Å². The van der Waals surface area contributed by atoms with Crippen LogP contribution in [0.15, 0.2) is 138 Å². The van der Waals surface area contributed by atoms with Crippen molar-refractivity contribution in [3.63, 3.8) is 0 Å². The van der Waals surface area contributed by atoms with Crippen LogP contribution in [-0.4, -0.2) is 19.9 Å². The van der Waals surface area contributed by atoms with Crippen LogP contribution in [0.1, 0.15) is 0 Å². The quantitative estimate of drug-likeness (QED) is 0.205. The van der Waals surface area contributed by atoms with Crippen molar-refractivity contribution in [3.8, 4) is 34.2 Å². The van der Waals surface area contributed by atoms with Gasteiger partial charge in [0.15, 0.2) is 17.5 Å². The highest BCUT2D eigenvalue weighted by molar-refractivity contribution is 6.17. The van der Waals surface area contributed by atoms with Crippen molar-refractivity contribution in [3.05, 3.63) is 134 Å². The van der Waals surface area contributed by atoms with Gasteiger partial charge < -0.3 is 4.42 Å². The lowest BCUT2D eigenvalue weighted by molar-refractivity contribution is 0.668. The molecule has 5 nitrogen and oxygen atoms in total. The molecule has 0 amide bonds. The lowest BCUT2D eigenvalue weighted by Crippen LogP contribution is -2.00. The first kappa shape index (κ1) is 23.7. The largest absolute Gasteiger partial charge is 0.456 e. The zero-order chi connectivity index (χ0) is 28.3. The van der Waals surface area contributed by atoms with Crippen molar-refractivity contribution in [1.82, 2.24) is 19.9 Å². The highest BCUT2D eigenvalue weighted by atomic mass is 16.3. The summed E-state index contributed by atoms with van der Waals surface area (Å²) in [5.41, 5.74) is 4.29. The van der Waals surface area contributed by atoms with Crippen LogP contribution in [0, 0.1) is 0 Å². The van der Waals surface area contributed by atoms with Crippen LogP contribution in [-0.2, 0) is 0 Å². The molecule has 0 aliphatic heterocycles. The van der Waals surface area contributed by atoms with E-state index in [1.807, 2.05) is 60.8 Å². The van der Waals surface area contributed by atoms with Crippen molar-refractivity contribution in [2.75, 3.05) is 0 Å². The average molecular weight is 551 g/mol. The van der Waals surface area contributed by atoms with Gasteiger partial charge in [-0.3, -0.25) is 4.98 Å². The van der Waals surface area contributed by atoms with Crippen LogP contribution in [0.2, 0.25) is 0 Å². The number of rotatable bonds is 3. The Bertz CT molecular complexity index is 2520. The van der Waals surface area contributed by atoms with Gasteiger partial charge in [-0.25, -0.2) is 15.0 Å². The zero-order valence-electron chi connectivity index (χ0n) is 22.9. The third-order valence-corrected chi connectivity index (χ3v) is 8.21. The molecule has 0 bridgehead atoms. The van der Waals surface area contributed by atoms with Gasteiger partial charge in [0, 0.05) is 39.9 Å². The Balaban J connectivity index is 1.27. The first-order valence-corrected chi connectivity index (χ1v) is 14.2. The molecule has 5 heteroatoms. The number of hydrogen-bond donors (Lipinski definition) is 0. The van der Waals surface area contributed by atoms with Crippen LogP contribution in [0.5, 0.6) is 0 Å². The molecule has 9 rings (SSSR count).